The summed E-state index contributed by atoms with van der Waals surface area (Å²) in [5, 5.41) is 10.5. The van der Waals surface area contributed by atoms with Crippen LogP contribution in [0.3, 0.4) is 0 Å². The van der Waals surface area contributed by atoms with Crippen molar-refractivity contribution >= 4 is 0 Å². The Kier molecular flexibility index (Phi) is 3.54. The Hall–Kier alpha value is -0.120. The lowest BCUT2D eigenvalue weighted by molar-refractivity contribution is -0.0914. The molecule has 106 valence electrons. The van der Waals surface area contributed by atoms with Gasteiger partial charge in [0, 0.05) is 18.5 Å². The van der Waals surface area contributed by atoms with Crippen LogP contribution in [0.25, 0.3) is 0 Å². The predicted octanol–water partition coefficient (Wildman–Crippen LogP) is 2.28. The Balaban J connectivity index is 2.03. The quantitative estimate of drug-likeness (QED) is 0.836. The topological polar surface area (TPSA) is 32.7 Å². The Morgan fingerprint density at radius 3 is 2.17 bits per heavy atom. The third-order valence-electron chi connectivity index (χ3n) is 5.00. The van der Waals surface area contributed by atoms with Crippen LogP contribution in [0.1, 0.15) is 47.5 Å². The van der Waals surface area contributed by atoms with Crippen LogP contribution < -0.4 is 0 Å². The summed E-state index contributed by atoms with van der Waals surface area (Å²) >= 11 is 0. The van der Waals surface area contributed by atoms with E-state index in [-0.39, 0.29) is 17.6 Å². The fourth-order valence-corrected chi connectivity index (χ4v) is 3.41. The summed E-state index contributed by atoms with van der Waals surface area (Å²) in [5.41, 5.74) is -0.682. The third kappa shape index (κ3) is 2.59. The molecule has 1 aliphatic heterocycles. The molecule has 0 bridgehead atoms. The molecular formula is C15H29NO2. The van der Waals surface area contributed by atoms with Gasteiger partial charge in [0.1, 0.15) is 0 Å². The predicted molar refractivity (Wildman–Crippen MR) is 73.6 cm³/mol. The van der Waals surface area contributed by atoms with E-state index in [0.29, 0.717) is 6.04 Å². The molecule has 2 aliphatic rings. The van der Waals surface area contributed by atoms with Crippen LogP contribution in [-0.4, -0.2) is 46.9 Å². The average Bonchev–Trinajstić information content (AvgIpc) is 3.02. The highest BCUT2D eigenvalue weighted by atomic mass is 16.5. The minimum absolute atomic E-state index is 0.179. The second-order valence-corrected chi connectivity index (χ2v) is 7.38. The van der Waals surface area contributed by atoms with Crippen molar-refractivity contribution in [2.24, 2.45) is 11.8 Å². The van der Waals surface area contributed by atoms with Crippen molar-refractivity contribution in [3.05, 3.63) is 0 Å². The second-order valence-electron chi connectivity index (χ2n) is 7.38. The summed E-state index contributed by atoms with van der Waals surface area (Å²) in [5.74, 6) is 1.05. The molecule has 3 nitrogen and oxygen atoms in total. The maximum Gasteiger partial charge on any atom is 0.0896 e. The molecule has 0 aromatic carbocycles. The smallest absolute Gasteiger partial charge is 0.0896 e. The maximum absolute atomic E-state index is 10.5. The summed E-state index contributed by atoms with van der Waals surface area (Å²) in [6, 6.07) is 0.622. The van der Waals surface area contributed by atoms with Crippen LogP contribution in [0.4, 0.5) is 0 Å². The number of rotatable bonds is 4. The van der Waals surface area contributed by atoms with Crippen molar-refractivity contribution in [3.8, 4) is 0 Å². The summed E-state index contributed by atoms with van der Waals surface area (Å²) in [4.78, 5) is 2.40. The Morgan fingerprint density at radius 2 is 1.78 bits per heavy atom. The van der Waals surface area contributed by atoms with Crippen molar-refractivity contribution in [2.75, 3.05) is 13.6 Å². The first kappa shape index (κ1) is 14.3. The van der Waals surface area contributed by atoms with Crippen LogP contribution >= 0.6 is 0 Å². The minimum atomic E-state index is -0.433. The lowest BCUT2D eigenvalue weighted by Crippen LogP contribution is -2.45. The fraction of sp³-hybridized carbons (Fsp3) is 1.00. The molecule has 1 aliphatic carbocycles. The molecule has 0 spiro atoms. The first-order chi connectivity index (χ1) is 8.15. The zero-order valence-electron chi connectivity index (χ0n) is 12.7. The summed E-state index contributed by atoms with van der Waals surface area (Å²) in [6.45, 7) is 11.4. The van der Waals surface area contributed by atoms with Crippen molar-refractivity contribution in [1.82, 2.24) is 4.90 Å². The second kappa shape index (κ2) is 4.46. The van der Waals surface area contributed by atoms with Gasteiger partial charge in [-0.25, -0.2) is 0 Å². The Bertz CT molecular complexity index is 310. The first-order valence-electron chi connectivity index (χ1n) is 7.23. The molecule has 3 atom stereocenters. The lowest BCUT2D eigenvalue weighted by Gasteiger charge is -2.33. The van der Waals surface area contributed by atoms with E-state index in [9.17, 15) is 5.11 Å². The van der Waals surface area contributed by atoms with Crippen LogP contribution in [0.15, 0.2) is 0 Å². The number of ether oxygens (including phenoxy) is 1. The van der Waals surface area contributed by atoms with Gasteiger partial charge in [0.05, 0.1) is 17.3 Å². The van der Waals surface area contributed by atoms with Gasteiger partial charge in [0.15, 0.2) is 0 Å². The van der Waals surface area contributed by atoms with Gasteiger partial charge in [-0.1, -0.05) is 0 Å². The number of aliphatic hydroxyl groups is 1. The molecule has 0 radical (unpaired) electrons. The van der Waals surface area contributed by atoms with Gasteiger partial charge in [0.25, 0.3) is 0 Å². The van der Waals surface area contributed by atoms with Gasteiger partial charge >= 0.3 is 0 Å². The van der Waals surface area contributed by atoms with E-state index >= 15 is 0 Å². The van der Waals surface area contributed by atoms with Gasteiger partial charge in [0.2, 0.25) is 0 Å². The summed E-state index contributed by atoms with van der Waals surface area (Å²) in [6.07, 6.45) is 2.34. The normalized spacial score (nSPS) is 36.0. The van der Waals surface area contributed by atoms with Gasteiger partial charge in [-0.15, -0.1) is 0 Å². The number of aliphatic hydroxyl groups excluding tert-OH is 1. The Labute approximate surface area is 112 Å². The maximum atomic E-state index is 10.5. The highest BCUT2D eigenvalue weighted by molar-refractivity contribution is 5.02. The van der Waals surface area contributed by atoms with E-state index < -0.39 is 5.60 Å². The molecule has 1 saturated heterocycles. The molecule has 2 rings (SSSR count). The molecule has 1 N–H and O–H groups in total. The van der Waals surface area contributed by atoms with Gasteiger partial charge in [-0.3, -0.25) is 0 Å². The lowest BCUT2D eigenvalue weighted by atomic mass is 9.84. The minimum Gasteiger partial charge on any atom is -0.390 e. The van der Waals surface area contributed by atoms with E-state index in [4.69, 9.17) is 4.74 Å². The fourth-order valence-electron chi connectivity index (χ4n) is 3.41. The SMILES string of the molecule is CC(C1CC1)N(C)CC1C(O)C(C)(C)OC1(C)C. The Morgan fingerprint density at radius 1 is 1.22 bits per heavy atom. The van der Waals surface area contributed by atoms with E-state index in [2.05, 4.69) is 32.7 Å². The highest BCUT2D eigenvalue weighted by Crippen LogP contribution is 2.43. The van der Waals surface area contributed by atoms with E-state index in [1.807, 2.05) is 13.8 Å². The molecular weight excluding hydrogens is 226 g/mol. The molecule has 3 heteroatoms. The van der Waals surface area contributed by atoms with Crippen molar-refractivity contribution in [2.45, 2.75) is 70.8 Å². The first-order valence-corrected chi connectivity index (χ1v) is 7.23. The monoisotopic (exact) mass is 255 g/mol. The van der Waals surface area contributed by atoms with Crippen LogP contribution in [0, 0.1) is 11.8 Å². The molecule has 3 unspecified atom stereocenters. The van der Waals surface area contributed by atoms with E-state index in [1.54, 1.807) is 0 Å². The number of hydrogen-bond acceptors (Lipinski definition) is 3. The summed E-state index contributed by atoms with van der Waals surface area (Å²) in [7, 11) is 2.18. The van der Waals surface area contributed by atoms with Crippen LogP contribution in [0.2, 0.25) is 0 Å². The number of hydrogen-bond donors (Lipinski definition) is 1. The van der Waals surface area contributed by atoms with Crippen molar-refractivity contribution in [1.29, 1.82) is 0 Å². The summed E-state index contributed by atoms with van der Waals surface area (Å²) < 4.78 is 6.04. The van der Waals surface area contributed by atoms with Gasteiger partial charge in [-0.2, -0.15) is 0 Å². The van der Waals surface area contributed by atoms with Crippen molar-refractivity contribution < 1.29 is 9.84 Å². The molecule has 0 aromatic rings. The van der Waals surface area contributed by atoms with E-state index in [0.717, 1.165) is 12.5 Å². The van der Waals surface area contributed by atoms with E-state index in [1.165, 1.54) is 12.8 Å². The van der Waals surface area contributed by atoms with Crippen LogP contribution in [-0.2, 0) is 4.74 Å². The molecule has 2 fully saturated rings. The zero-order chi connectivity index (χ0) is 13.7. The highest BCUT2D eigenvalue weighted by Gasteiger charge is 2.53. The largest absolute Gasteiger partial charge is 0.390 e. The molecule has 18 heavy (non-hydrogen) atoms. The molecule has 1 heterocycles. The average molecular weight is 255 g/mol. The third-order valence-corrected chi connectivity index (χ3v) is 5.00. The molecule has 0 amide bonds. The van der Waals surface area contributed by atoms with Crippen molar-refractivity contribution in [3.63, 3.8) is 0 Å². The molecule has 0 aromatic heterocycles. The van der Waals surface area contributed by atoms with Gasteiger partial charge < -0.3 is 14.7 Å². The standard InChI is InChI=1S/C15H29NO2/c1-10(11-7-8-11)16(6)9-12-13(17)15(4,5)18-14(12,2)3/h10-13,17H,7-9H2,1-6H3. The zero-order valence-corrected chi connectivity index (χ0v) is 12.7. The van der Waals surface area contributed by atoms with Gasteiger partial charge in [-0.05, 0) is 60.4 Å². The van der Waals surface area contributed by atoms with Crippen LogP contribution in [0.5, 0.6) is 0 Å². The molecule has 1 saturated carbocycles. The number of nitrogens with zero attached hydrogens (tertiary/aromatic N) is 1.